The summed E-state index contributed by atoms with van der Waals surface area (Å²) in [7, 11) is 3.14. The van der Waals surface area contributed by atoms with Gasteiger partial charge in [0.25, 0.3) is 0 Å². The number of anilines is 1. The van der Waals surface area contributed by atoms with Crippen molar-refractivity contribution < 1.29 is 19.1 Å². The molecule has 1 heterocycles. The van der Waals surface area contributed by atoms with Crippen LogP contribution in [-0.4, -0.2) is 49.9 Å². The number of methoxy groups -OCH3 is 1. The standard InChI is InChI=1S/C19H26N2O4/c1-20(16-7-4-3-5-8-16)17(22)9-6-10-18(23)21-13-11-15(12-14-21)19(24)25-2/h3-5,7-8,15H,6,9-14H2,1-2H3. The summed E-state index contributed by atoms with van der Waals surface area (Å²) >= 11 is 0. The van der Waals surface area contributed by atoms with E-state index in [1.165, 1.54) is 7.11 Å². The van der Waals surface area contributed by atoms with Crippen molar-refractivity contribution in [2.24, 2.45) is 5.92 Å². The summed E-state index contributed by atoms with van der Waals surface area (Å²) in [4.78, 5) is 39.4. The van der Waals surface area contributed by atoms with Gasteiger partial charge in [0.2, 0.25) is 11.8 Å². The van der Waals surface area contributed by atoms with Crippen molar-refractivity contribution in [2.45, 2.75) is 32.1 Å². The molecular formula is C19H26N2O4. The van der Waals surface area contributed by atoms with Crippen LogP contribution >= 0.6 is 0 Å². The largest absolute Gasteiger partial charge is 0.469 e. The zero-order valence-corrected chi connectivity index (χ0v) is 14.9. The van der Waals surface area contributed by atoms with Crippen LogP contribution in [-0.2, 0) is 19.1 Å². The minimum atomic E-state index is -0.193. The van der Waals surface area contributed by atoms with Crippen molar-refractivity contribution in [1.29, 1.82) is 0 Å². The number of benzene rings is 1. The fourth-order valence-electron chi connectivity index (χ4n) is 3.04. The van der Waals surface area contributed by atoms with E-state index in [-0.39, 0.29) is 23.7 Å². The first-order chi connectivity index (χ1) is 12.0. The van der Waals surface area contributed by atoms with E-state index in [0.29, 0.717) is 45.2 Å². The lowest BCUT2D eigenvalue weighted by atomic mass is 9.96. The summed E-state index contributed by atoms with van der Waals surface area (Å²) in [5.74, 6) is -0.237. The van der Waals surface area contributed by atoms with Crippen molar-refractivity contribution in [3.63, 3.8) is 0 Å². The van der Waals surface area contributed by atoms with Gasteiger partial charge in [-0.05, 0) is 31.4 Å². The fourth-order valence-corrected chi connectivity index (χ4v) is 3.04. The normalized spacial score (nSPS) is 14.9. The lowest BCUT2D eigenvalue weighted by Gasteiger charge is -2.30. The molecule has 136 valence electrons. The van der Waals surface area contributed by atoms with E-state index in [0.717, 1.165) is 5.69 Å². The second-order valence-electron chi connectivity index (χ2n) is 6.32. The number of likely N-dealkylation sites (tertiary alicyclic amines) is 1. The van der Waals surface area contributed by atoms with Crippen molar-refractivity contribution in [1.82, 2.24) is 4.90 Å². The Kier molecular flexibility index (Phi) is 6.98. The number of esters is 1. The molecule has 1 aliphatic heterocycles. The number of amides is 2. The van der Waals surface area contributed by atoms with Gasteiger partial charge >= 0.3 is 5.97 Å². The third-order valence-electron chi connectivity index (χ3n) is 4.68. The van der Waals surface area contributed by atoms with Crippen molar-refractivity contribution in [3.05, 3.63) is 30.3 Å². The third-order valence-corrected chi connectivity index (χ3v) is 4.68. The van der Waals surface area contributed by atoms with Crippen LogP contribution in [0.2, 0.25) is 0 Å². The smallest absolute Gasteiger partial charge is 0.308 e. The number of rotatable bonds is 6. The first kappa shape index (κ1) is 19.0. The van der Waals surface area contributed by atoms with Gasteiger partial charge in [-0.25, -0.2) is 0 Å². The van der Waals surface area contributed by atoms with Crippen LogP contribution in [0.1, 0.15) is 32.1 Å². The number of carbonyl (C=O) groups excluding carboxylic acids is 3. The summed E-state index contributed by atoms with van der Waals surface area (Å²) < 4.78 is 4.75. The third kappa shape index (κ3) is 5.31. The molecule has 6 nitrogen and oxygen atoms in total. The molecule has 2 rings (SSSR count). The van der Waals surface area contributed by atoms with Gasteiger partial charge in [0.15, 0.2) is 0 Å². The van der Waals surface area contributed by atoms with E-state index in [1.807, 2.05) is 30.3 Å². The number of hydrogen-bond donors (Lipinski definition) is 0. The highest BCUT2D eigenvalue weighted by atomic mass is 16.5. The number of hydrogen-bond acceptors (Lipinski definition) is 4. The predicted octanol–water partition coefficient (Wildman–Crippen LogP) is 2.23. The van der Waals surface area contributed by atoms with E-state index < -0.39 is 0 Å². The molecule has 0 aliphatic carbocycles. The molecular weight excluding hydrogens is 320 g/mol. The second kappa shape index (κ2) is 9.20. The molecule has 0 aromatic heterocycles. The van der Waals surface area contributed by atoms with Crippen molar-refractivity contribution >= 4 is 23.5 Å². The fraction of sp³-hybridized carbons (Fsp3) is 0.526. The molecule has 25 heavy (non-hydrogen) atoms. The molecule has 1 fully saturated rings. The second-order valence-corrected chi connectivity index (χ2v) is 6.32. The molecule has 0 saturated carbocycles. The molecule has 2 amide bonds. The average Bonchev–Trinajstić information content (AvgIpc) is 2.67. The summed E-state index contributed by atoms with van der Waals surface area (Å²) in [6, 6.07) is 9.45. The number of ether oxygens (including phenoxy) is 1. The van der Waals surface area contributed by atoms with Gasteiger partial charge in [-0.3, -0.25) is 14.4 Å². The van der Waals surface area contributed by atoms with Crippen LogP contribution in [0.25, 0.3) is 0 Å². The molecule has 1 aliphatic rings. The van der Waals surface area contributed by atoms with E-state index in [1.54, 1.807) is 16.8 Å². The minimum absolute atomic E-state index is 0.00315. The Morgan fingerprint density at radius 1 is 1.12 bits per heavy atom. The number of nitrogens with zero attached hydrogens (tertiary/aromatic N) is 2. The van der Waals surface area contributed by atoms with Gasteiger partial charge in [-0.15, -0.1) is 0 Å². The molecule has 0 bridgehead atoms. The molecule has 1 saturated heterocycles. The zero-order valence-electron chi connectivity index (χ0n) is 14.9. The number of carbonyl (C=O) groups is 3. The van der Waals surface area contributed by atoms with Crippen molar-refractivity contribution in [2.75, 3.05) is 32.1 Å². The Labute approximate surface area is 148 Å². The maximum atomic E-state index is 12.3. The first-order valence-electron chi connectivity index (χ1n) is 8.70. The quantitative estimate of drug-likeness (QED) is 0.741. The molecule has 0 atom stereocenters. The Morgan fingerprint density at radius 3 is 2.36 bits per heavy atom. The molecule has 0 unspecified atom stereocenters. The highest BCUT2D eigenvalue weighted by Gasteiger charge is 2.27. The van der Waals surface area contributed by atoms with Crippen LogP contribution in [0.4, 0.5) is 5.69 Å². The van der Waals surface area contributed by atoms with Gasteiger partial charge in [-0.2, -0.15) is 0 Å². The first-order valence-corrected chi connectivity index (χ1v) is 8.70. The van der Waals surface area contributed by atoms with Crippen LogP contribution in [0.5, 0.6) is 0 Å². The number of para-hydroxylation sites is 1. The van der Waals surface area contributed by atoms with Crippen LogP contribution in [0.15, 0.2) is 30.3 Å². The highest BCUT2D eigenvalue weighted by Crippen LogP contribution is 2.20. The molecule has 1 aromatic carbocycles. The van der Waals surface area contributed by atoms with E-state index in [2.05, 4.69) is 0 Å². The summed E-state index contributed by atoms with van der Waals surface area (Å²) in [5.41, 5.74) is 0.851. The number of piperidine rings is 1. The Bertz CT molecular complexity index is 595. The summed E-state index contributed by atoms with van der Waals surface area (Å²) in [5, 5.41) is 0. The van der Waals surface area contributed by atoms with Gasteiger partial charge in [-0.1, -0.05) is 18.2 Å². The van der Waals surface area contributed by atoms with Gasteiger partial charge in [0.05, 0.1) is 13.0 Å². The SMILES string of the molecule is COC(=O)C1CCN(C(=O)CCCC(=O)N(C)c2ccccc2)CC1. The van der Waals surface area contributed by atoms with E-state index >= 15 is 0 Å². The van der Waals surface area contributed by atoms with E-state index in [9.17, 15) is 14.4 Å². The van der Waals surface area contributed by atoms with Gasteiger partial charge < -0.3 is 14.5 Å². The molecule has 0 spiro atoms. The summed E-state index contributed by atoms with van der Waals surface area (Å²) in [6.45, 7) is 1.16. The average molecular weight is 346 g/mol. The topological polar surface area (TPSA) is 66.9 Å². The molecule has 1 aromatic rings. The Balaban J connectivity index is 1.70. The lowest BCUT2D eigenvalue weighted by Crippen LogP contribution is -2.40. The summed E-state index contributed by atoms with van der Waals surface area (Å²) in [6.07, 6.45) is 2.53. The Hall–Kier alpha value is -2.37. The zero-order chi connectivity index (χ0) is 18.2. The van der Waals surface area contributed by atoms with Gasteiger partial charge in [0, 0.05) is 38.7 Å². The predicted molar refractivity (Wildman–Crippen MR) is 95.0 cm³/mol. The lowest BCUT2D eigenvalue weighted by molar-refractivity contribution is -0.149. The highest BCUT2D eigenvalue weighted by molar-refractivity contribution is 5.93. The van der Waals surface area contributed by atoms with Crippen LogP contribution < -0.4 is 4.90 Å². The van der Waals surface area contributed by atoms with Crippen molar-refractivity contribution in [3.8, 4) is 0 Å². The maximum Gasteiger partial charge on any atom is 0.308 e. The minimum Gasteiger partial charge on any atom is -0.469 e. The Morgan fingerprint density at radius 2 is 1.76 bits per heavy atom. The van der Waals surface area contributed by atoms with Crippen LogP contribution in [0, 0.1) is 5.92 Å². The van der Waals surface area contributed by atoms with Crippen LogP contribution in [0.3, 0.4) is 0 Å². The molecule has 6 heteroatoms. The molecule has 0 radical (unpaired) electrons. The van der Waals surface area contributed by atoms with E-state index in [4.69, 9.17) is 4.74 Å². The van der Waals surface area contributed by atoms with Gasteiger partial charge in [0.1, 0.15) is 0 Å². The molecule has 0 N–H and O–H groups in total. The maximum absolute atomic E-state index is 12.3. The monoisotopic (exact) mass is 346 g/mol.